The van der Waals surface area contributed by atoms with E-state index in [4.69, 9.17) is 4.74 Å². The van der Waals surface area contributed by atoms with Gasteiger partial charge in [0.2, 0.25) is 11.8 Å². The van der Waals surface area contributed by atoms with Crippen LogP contribution in [0.3, 0.4) is 0 Å². The third-order valence-electron chi connectivity index (χ3n) is 10.4. The summed E-state index contributed by atoms with van der Waals surface area (Å²) in [5.41, 5.74) is 4.95. The molecule has 2 aliphatic rings. The van der Waals surface area contributed by atoms with Crippen molar-refractivity contribution < 1.29 is 23.9 Å². The monoisotopic (exact) mass is 734 g/mol. The van der Waals surface area contributed by atoms with Gasteiger partial charge in [0.05, 0.1) is 36.9 Å². The van der Waals surface area contributed by atoms with E-state index in [1.807, 2.05) is 55.1 Å². The highest BCUT2D eigenvalue weighted by atomic mass is 16.5. The number of nitrogens with zero attached hydrogens (tertiary/aromatic N) is 3. The summed E-state index contributed by atoms with van der Waals surface area (Å²) in [6, 6.07) is 18.1. The third-order valence-corrected chi connectivity index (χ3v) is 10.4. The number of alkyl carbamates (subject to hydrolysis) is 1. The smallest absolute Gasteiger partial charge is 0.407 e. The molecule has 0 spiro atoms. The molecule has 0 radical (unpaired) electrons. The summed E-state index contributed by atoms with van der Waals surface area (Å²) in [6.45, 7) is 11.7. The van der Waals surface area contributed by atoms with E-state index < -0.39 is 12.1 Å². The molecule has 2 aromatic carbocycles. The molecule has 4 aromatic rings. The molecule has 5 N–H and O–H groups in total. The maximum Gasteiger partial charge on any atom is 0.407 e. The van der Waals surface area contributed by atoms with Crippen molar-refractivity contribution in [1.82, 2.24) is 30.5 Å². The van der Waals surface area contributed by atoms with E-state index in [1.165, 1.54) is 7.11 Å². The molecule has 1 aliphatic heterocycles. The van der Waals surface area contributed by atoms with Gasteiger partial charge >= 0.3 is 6.09 Å². The average Bonchev–Trinajstić information content (AvgIpc) is 3.45. The normalized spacial score (nSPS) is 19.2. The van der Waals surface area contributed by atoms with Crippen molar-refractivity contribution >= 4 is 35.3 Å². The molecule has 13 heteroatoms. The van der Waals surface area contributed by atoms with E-state index in [9.17, 15) is 19.2 Å². The molecular formula is C41H50N8O5. The second kappa shape index (κ2) is 16.1. The summed E-state index contributed by atoms with van der Waals surface area (Å²) in [5.74, 6) is 1.35. The molecule has 6 rings (SSSR count). The lowest BCUT2D eigenvalue weighted by Crippen LogP contribution is -2.51. The molecule has 4 atom stereocenters. The first-order chi connectivity index (χ1) is 25.8. The fourth-order valence-electron chi connectivity index (χ4n) is 6.93. The second-order valence-electron chi connectivity index (χ2n) is 15.4. The van der Waals surface area contributed by atoms with E-state index in [-0.39, 0.29) is 46.9 Å². The van der Waals surface area contributed by atoms with Crippen molar-refractivity contribution in [3.8, 4) is 22.4 Å². The molecule has 0 bridgehead atoms. The summed E-state index contributed by atoms with van der Waals surface area (Å²) < 4.78 is 4.76. The number of benzene rings is 2. The van der Waals surface area contributed by atoms with Gasteiger partial charge < -0.3 is 35.9 Å². The molecule has 4 amide bonds. The number of ether oxygens (including phenoxy) is 1. The molecule has 1 saturated heterocycles. The van der Waals surface area contributed by atoms with Crippen molar-refractivity contribution in [2.75, 3.05) is 37.4 Å². The molecule has 0 unspecified atom stereocenters. The number of hydrogen-bond donors (Lipinski definition) is 5. The number of aromatic nitrogens is 3. The van der Waals surface area contributed by atoms with Crippen molar-refractivity contribution in [1.29, 1.82) is 0 Å². The minimum Gasteiger partial charge on any atom is -0.453 e. The number of aromatic amines is 1. The van der Waals surface area contributed by atoms with Crippen LogP contribution < -0.4 is 21.3 Å². The maximum absolute atomic E-state index is 13.6. The van der Waals surface area contributed by atoms with E-state index in [0.29, 0.717) is 42.5 Å². The van der Waals surface area contributed by atoms with Crippen molar-refractivity contribution in [3.05, 3.63) is 84.4 Å². The van der Waals surface area contributed by atoms with Crippen molar-refractivity contribution in [2.45, 2.75) is 59.5 Å². The number of hydrogen-bond acceptors (Lipinski definition) is 8. The van der Waals surface area contributed by atoms with Gasteiger partial charge in [0.25, 0.3) is 5.91 Å². The Balaban J connectivity index is 1.02. The number of nitrogens with one attached hydrogen (secondary N) is 5. The third kappa shape index (κ3) is 8.90. The lowest BCUT2D eigenvalue weighted by molar-refractivity contribution is -0.135. The van der Waals surface area contributed by atoms with Gasteiger partial charge in [-0.3, -0.25) is 14.4 Å². The standard InChI is InChI=1S/C41H50N8O5/c1-24(2)35(48-40(53)54-6)39(52)49-23-25(3)19-33(49)36-45-22-32(47-36)28-11-7-26(8-12-28)27-9-13-29(14-10-27)37(50)46-30-15-16-34(44-21-30)42-17-18-43-38(51)31-20-41(31,4)5/h7-16,21-22,24-25,31,33,35H,17-20,23H2,1-6H3,(H,42,44)(H,43,51)(H,45,47)(H,46,50)(H,48,53)/t25-,31+,33-,35-/m0/s1. The fourth-order valence-corrected chi connectivity index (χ4v) is 6.93. The van der Waals surface area contributed by atoms with Crippen LogP contribution >= 0.6 is 0 Å². The predicted molar refractivity (Wildman–Crippen MR) is 207 cm³/mol. The number of amides is 4. The van der Waals surface area contributed by atoms with Gasteiger partial charge in [0, 0.05) is 31.1 Å². The average molecular weight is 735 g/mol. The molecule has 54 heavy (non-hydrogen) atoms. The van der Waals surface area contributed by atoms with Crippen molar-refractivity contribution in [2.24, 2.45) is 23.2 Å². The van der Waals surface area contributed by atoms with Crippen LogP contribution in [-0.2, 0) is 14.3 Å². The molecule has 13 nitrogen and oxygen atoms in total. The largest absolute Gasteiger partial charge is 0.453 e. The number of H-pyrrole nitrogens is 1. The van der Waals surface area contributed by atoms with Gasteiger partial charge in [0.15, 0.2) is 0 Å². The zero-order valence-electron chi connectivity index (χ0n) is 31.7. The van der Waals surface area contributed by atoms with Crippen LogP contribution in [0.15, 0.2) is 73.1 Å². The number of imidazole rings is 1. The number of anilines is 2. The van der Waals surface area contributed by atoms with Gasteiger partial charge in [-0.1, -0.05) is 71.0 Å². The molecule has 1 aliphatic carbocycles. The molecule has 1 saturated carbocycles. The summed E-state index contributed by atoms with van der Waals surface area (Å²) in [7, 11) is 1.29. The number of carbonyl (C=O) groups is 4. The first-order valence-corrected chi connectivity index (χ1v) is 18.5. The topological polar surface area (TPSA) is 170 Å². The van der Waals surface area contributed by atoms with E-state index in [1.54, 1.807) is 36.7 Å². The number of pyridine rings is 1. The van der Waals surface area contributed by atoms with Crippen LogP contribution in [0.2, 0.25) is 0 Å². The maximum atomic E-state index is 13.6. The van der Waals surface area contributed by atoms with Crippen LogP contribution in [-0.4, -0.2) is 76.5 Å². The van der Waals surface area contributed by atoms with Crippen LogP contribution in [0.25, 0.3) is 22.4 Å². The first kappa shape index (κ1) is 38.0. The highest BCUT2D eigenvalue weighted by Gasteiger charge is 2.50. The zero-order valence-corrected chi connectivity index (χ0v) is 31.7. The molecule has 284 valence electrons. The van der Waals surface area contributed by atoms with E-state index >= 15 is 0 Å². The highest BCUT2D eigenvalue weighted by Crippen LogP contribution is 2.51. The van der Waals surface area contributed by atoms with Gasteiger partial charge in [-0.25, -0.2) is 14.8 Å². The Morgan fingerprint density at radius 3 is 2.20 bits per heavy atom. The molecular weight excluding hydrogens is 685 g/mol. The molecule has 3 heterocycles. The van der Waals surface area contributed by atoms with E-state index in [0.717, 1.165) is 35.2 Å². The minimum absolute atomic E-state index is 0.103. The summed E-state index contributed by atoms with van der Waals surface area (Å²) >= 11 is 0. The Kier molecular flexibility index (Phi) is 11.3. The fraction of sp³-hybridized carbons (Fsp3) is 0.415. The number of carbonyl (C=O) groups excluding carboxylic acids is 4. The van der Waals surface area contributed by atoms with Gasteiger partial charge in [-0.05, 0) is 71.0 Å². The Morgan fingerprint density at radius 2 is 1.59 bits per heavy atom. The Bertz CT molecular complexity index is 1960. The van der Waals surface area contributed by atoms with Crippen LogP contribution in [0.4, 0.5) is 16.3 Å². The SMILES string of the molecule is COC(=O)N[C@H](C(=O)N1C[C@@H](C)C[C@H]1c1ncc(-c2ccc(-c3ccc(C(=O)Nc4ccc(NCCNC(=O)[C@H]5CC5(C)C)nc4)cc3)cc2)[nH]1)C(C)C. The zero-order chi connectivity index (χ0) is 38.6. The first-order valence-electron chi connectivity index (χ1n) is 18.5. The van der Waals surface area contributed by atoms with Crippen LogP contribution in [0.5, 0.6) is 0 Å². The summed E-state index contributed by atoms with van der Waals surface area (Å²) in [4.78, 5) is 65.0. The summed E-state index contributed by atoms with van der Waals surface area (Å²) in [6.07, 6.45) is 4.45. The van der Waals surface area contributed by atoms with Crippen LogP contribution in [0, 0.1) is 23.2 Å². The summed E-state index contributed by atoms with van der Waals surface area (Å²) in [5, 5.41) is 11.7. The van der Waals surface area contributed by atoms with E-state index in [2.05, 4.69) is 57.0 Å². The molecule has 2 aromatic heterocycles. The van der Waals surface area contributed by atoms with Gasteiger partial charge in [-0.2, -0.15) is 0 Å². The lowest BCUT2D eigenvalue weighted by atomic mass is 10.0. The number of likely N-dealkylation sites (tertiary alicyclic amines) is 1. The quantitative estimate of drug-likeness (QED) is 0.100. The number of rotatable bonds is 13. The lowest BCUT2D eigenvalue weighted by Gasteiger charge is -2.30. The van der Waals surface area contributed by atoms with Crippen molar-refractivity contribution in [3.63, 3.8) is 0 Å². The van der Waals surface area contributed by atoms with Gasteiger partial charge in [-0.15, -0.1) is 0 Å². The Hall–Kier alpha value is -5.72. The van der Waals surface area contributed by atoms with Gasteiger partial charge in [0.1, 0.15) is 17.7 Å². The predicted octanol–water partition coefficient (Wildman–Crippen LogP) is 6.26. The molecule has 2 fully saturated rings. The number of methoxy groups -OCH3 is 1. The van der Waals surface area contributed by atoms with Crippen LogP contribution in [0.1, 0.15) is 69.7 Å². The Labute approximate surface area is 316 Å². The highest BCUT2D eigenvalue weighted by molar-refractivity contribution is 6.04. The Morgan fingerprint density at radius 1 is 0.926 bits per heavy atom. The minimum atomic E-state index is -0.702. The second-order valence-corrected chi connectivity index (χ2v) is 15.4.